The zero-order chi connectivity index (χ0) is 15.4. The SMILES string of the molecule is C=C(NNC(=S)NC1CCCCC1)c1nc2ncccc2[nH]1. The Bertz CT molecular complexity index is 640. The standard InChI is InChI=1S/C15H20N6S/c1-10(13-18-12-8-5-9-16-14(12)19-13)20-21-15(22)17-11-6-3-2-4-7-11/h5,8-9,11,20H,1-4,6-7H2,(H,16,18,19)(H2,17,21,22). The summed E-state index contributed by atoms with van der Waals surface area (Å²) >= 11 is 5.30. The summed E-state index contributed by atoms with van der Waals surface area (Å²) in [5.41, 5.74) is 8.11. The van der Waals surface area contributed by atoms with Crippen LogP contribution < -0.4 is 16.2 Å². The number of aromatic nitrogens is 3. The highest BCUT2D eigenvalue weighted by Gasteiger charge is 2.14. The molecular weight excluding hydrogens is 296 g/mol. The van der Waals surface area contributed by atoms with Gasteiger partial charge in [0, 0.05) is 12.2 Å². The minimum Gasteiger partial charge on any atom is -0.359 e. The number of nitrogens with one attached hydrogen (secondary N) is 4. The number of H-pyrrole nitrogens is 1. The molecule has 2 aromatic rings. The summed E-state index contributed by atoms with van der Waals surface area (Å²) < 4.78 is 0. The van der Waals surface area contributed by atoms with Gasteiger partial charge in [-0.25, -0.2) is 9.97 Å². The van der Waals surface area contributed by atoms with Gasteiger partial charge in [-0.3, -0.25) is 10.9 Å². The molecule has 1 aliphatic rings. The number of rotatable bonds is 4. The van der Waals surface area contributed by atoms with Gasteiger partial charge in [0.25, 0.3) is 0 Å². The lowest BCUT2D eigenvalue weighted by Crippen LogP contribution is -2.47. The van der Waals surface area contributed by atoms with Crippen LogP contribution in [0.15, 0.2) is 24.9 Å². The molecule has 7 heteroatoms. The smallest absolute Gasteiger partial charge is 0.185 e. The first kappa shape index (κ1) is 14.8. The maximum absolute atomic E-state index is 5.30. The van der Waals surface area contributed by atoms with E-state index >= 15 is 0 Å². The van der Waals surface area contributed by atoms with Crippen molar-refractivity contribution >= 4 is 34.2 Å². The number of hydrazine groups is 1. The third-order valence-electron chi connectivity index (χ3n) is 3.81. The van der Waals surface area contributed by atoms with Gasteiger partial charge in [0.1, 0.15) is 0 Å². The molecule has 0 amide bonds. The summed E-state index contributed by atoms with van der Waals surface area (Å²) in [6.45, 7) is 3.96. The fourth-order valence-electron chi connectivity index (χ4n) is 2.65. The average Bonchev–Trinajstić information content (AvgIpc) is 2.98. The highest BCUT2D eigenvalue weighted by Crippen LogP contribution is 2.17. The van der Waals surface area contributed by atoms with Crippen LogP contribution >= 0.6 is 12.2 Å². The zero-order valence-electron chi connectivity index (χ0n) is 12.4. The Hall–Kier alpha value is -2.15. The molecular formula is C15H20N6S. The summed E-state index contributed by atoms with van der Waals surface area (Å²) in [5.74, 6) is 0.640. The number of nitrogens with zero attached hydrogens (tertiary/aromatic N) is 2. The van der Waals surface area contributed by atoms with Crippen molar-refractivity contribution in [3.63, 3.8) is 0 Å². The highest BCUT2D eigenvalue weighted by atomic mass is 32.1. The van der Waals surface area contributed by atoms with E-state index in [2.05, 4.69) is 37.7 Å². The summed E-state index contributed by atoms with van der Waals surface area (Å²) in [4.78, 5) is 11.7. The van der Waals surface area contributed by atoms with Crippen molar-refractivity contribution in [2.75, 3.05) is 0 Å². The van der Waals surface area contributed by atoms with Gasteiger partial charge >= 0.3 is 0 Å². The quantitative estimate of drug-likeness (QED) is 0.512. The molecule has 6 nitrogen and oxygen atoms in total. The molecule has 0 saturated heterocycles. The Morgan fingerprint density at radius 2 is 2.09 bits per heavy atom. The van der Waals surface area contributed by atoms with Gasteiger partial charge in [0.2, 0.25) is 0 Å². The van der Waals surface area contributed by atoms with E-state index in [9.17, 15) is 0 Å². The number of pyridine rings is 1. The molecule has 0 unspecified atom stereocenters. The number of hydrogen-bond donors (Lipinski definition) is 4. The Morgan fingerprint density at radius 3 is 2.86 bits per heavy atom. The van der Waals surface area contributed by atoms with Crippen molar-refractivity contribution in [2.45, 2.75) is 38.1 Å². The molecule has 4 N–H and O–H groups in total. The van der Waals surface area contributed by atoms with Gasteiger partial charge in [-0.2, -0.15) is 0 Å². The van der Waals surface area contributed by atoms with E-state index in [0.29, 0.717) is 28.3 Å². The summed E-state index contributed by atoms with van der Waals surface area (Å²) in [7, 11) is 0. The molecule has 1 saturated carbocycles. The van der Waals surface area contributed by atoms with E-state index in [1.807, 2.05) is 12.1 Å². The maximum Gasteiger partial charge on any atom is 0.185 e. The van der Waals surface area contributed by atoms with Gasteiger partial charge in [0.15, 0.2) is 16.6 Å². The van der Waals surface area contributed by atoms with Crippen molar-refractivity contribution in [1.82, 2.24) is 31.1 Å². The Labute approximate surface area is 134 Å². The summed E-state index contributed by atoms with van der Waals surface area (Å²) in [6.07, 6.45) is 7.94. The molecule has 0 radical (unpaired) electrons. The first-order chi connectivity index (χ1) is 10.7. The van der Waals surface area contributed by atoms with Gasteiger partial charge in [-0.15, -0.1) is 0 Å². The topological polar surface area (TPSA) is 77.7 Å². The van der Waals surface area contributed by atoms with Crippen molar-refractivity contribution in [1.29, 1.82) is 0 Å². The van der Waals surface area contributed by atoms with Crippen LogP contribution in [0.2, 0.25) is 0 Å². The molecule has 0 spiro atoms. The minimum absolute atomic E-state index is 0.471. The van der Waals surface area contributed by atoms with Crippen LogP contribution in [-0.4, -0.2) is 26.1 Å². The van der Waals surface area contributed by atoms with Crippen LogP contribution in [0.5, 0.6) is 0 Å². The van der Waals surface area contributed by atoms with Crippen LogP contribution in [0.1, 0.15) is 37.9 Å². The third kappa shape index (κ3) is 3.54. The number of fused-ring (bicyclic) bond motifs is 1. The van der Waals surface area contributed by atoms with Gasteiger partial charge in [-0.1, -0.05) is 25.8 Å². The first-order valence-corrected chi connectivity index (χ1v) is 7.96. The average molecular weight is 316 g/mol. The predicted octanol–water partition coefficient (Wildman–Crippen LogP) is 2.23. The number of imidazole rings is 1. The molecule has 0 aliphatic heterocycles. The zero-order valence-corrected chi connectivity index (χ0v) is 13.2. The molecule has 0 bridgehead atoms. The van der Waals surface area contributed by atoms with Gasteiger partial charge in [0.05, 0.1) is 11.2 Å². The monoisotopic (exact) mass is 316 g/mol. The second-order valence-corrected chi connectivity index (χ2v) is 5.91. The Morgan fingerprint density at radius 1 is 1.27 bits per heavy atom. The van der Waals surface area contributed by atoms with Crippen LogP contribution in [0, 0.1) is 0 Å². The van der Waals surface area contributed by atoms with E-state index in [-0.39, 0.29) is 0 Å². The van der Waals surface area contributed by atoms with Crippen molar-refractivity contribution in [3.05, 3.63) is 30.7 Å². The first-order valence-electron chi connectivity index (χ1n) is 7.55. The second-order valence-electron chi connectivity index (χ2n) is 5.50. The maximum atomic E-state index is 5.30. The largest absolute Gasteiger partial charge is 0.359 e. The molecule has 1 fully saturated rings. The Kier molecular flexibility index (Phi) is 4.53. The summed E-state index contributed by atoms with van der Waals surface area (Å²) in [5, 5.41) is 3.91. The molecule has 1 aliphatic carbocycles. The highest BCUT2D eigenvalue weighted by molar-refractivity contribution is 7.80. The van der Waals surface area contributed by atoms with E-state index in [4.69, 9.17) is 12.2 Å². The lowest BCUT2D eigenvalue weighted by atomic mass is 9.96. The van der Waals surface area contributed by atoms with E-state index in [1.54, 1.807) is 6.20 Å². The molecule has 0 atom stereocenters. The Balaban J connectivity index is 1.52. The van der Waals surface area contributed by atoms with E-state index in [0.717, 1.165) is 5.52 Å². The molecule has 116 valence electrons. The van der Waals surface area contributed by atoms with E-state index < -0.39 is 0 Å². The molecule has 22 heavy (non-hydrogen) atoms. The van der Waals surface area contributed by atoms with Crippen LogP contribution in [-0.2, 0) is 0 Å². The van der Waals surface area contributed by atoms with Gasteiger partial charge in [-0.05, 0) is 37.2 Å². The number of hydrogen-bond acceptors (Lipinski definition) is 4. The fourth-order valence-corrected chi connectivity index (χ4v) is 2.87. The molecule has 3 rings (SSSR count). The summed E-state index contributed by atoms with van der Waals surface area (Å²) in [6, 6.07) is 4.26. The molecule has 2 heterocycles. The molecule has 2 aromatic heterocycles. The minimum atomic E-state index is 0.471. The number of thiocarbonyl (C=S) groups is 1. The predicted molar refractivity (Wildman–Crippen MR) is 91.8 cm³/mol. The number of aromatic amines is 1. The van der Waals surface area contributed by atoms with Crippen molar-refractivity contribution < 1.29 is 0 Å². The van der Waals surface area contributed by atoms with Crippen molar-refractivity contribution in [3.8, 4) is 0 Å². The third-order valence-corrected chi connectivity index (χ3v) is 4.03. The molecule has 0 aromatic carbocycles. The van der Waals surface area contributed by atoms with E-state index in [1.165, 1.54) is 32.1 Å². The van der Waals surface area contributed by atoms with Crippen LogP contribution in [0.25, 0.3) is 16.9 Å². The lowest BCUT2D eigenvalue weighted by molar-refractivity contribution is 0.411. The van der Waals surface area contributed by atoms with Crippen LogP contribution in [0.3, 0.4) is 0 Å². The second kappa shape index (κ2) is 6.74. The normalized spacial score (nSPS) is 15.5. The van der Waals surface area contributed by atoms with Crippen molar-refractivity contribution in [2.24, 2.45) is 0 Å². The van der Waals surface area contributed by atoms with Gasteiger partial charge < -0.3 is 10.3 Å². The lowest BCUT2D eigenvalue weighted by Gasteiger charge is -2.24. The van der Waals surface area contributed by atoms with Crippen LogP contribution in [0.4, 0.5) is 0 Å². The fraction of sp³-hybridized carbons (Fsp3) is 0.400.